The first kappa shape index (κ1) is 10.3. The Morgan fingerprint density at radius 1 is 1.43 bits per heavy atom. The predicted octanol–water partition coefficient (Wildman–Crippen LogP) is 1.51. The van der Waals surface area contributed by atoms with Gasteiger partial charge in [-0.2, -0.15) is 0 Å². The Labute approximate surface area is 82.9 Å². The molecule has 74 valence electrons. The maximum Gasteiger partial charge on any atom is 0.241 e. The van der Waals surface area contributed by atoms with Gasteiger partial charge in [0.05, 0.1) is 0 Å². The van der Waals surface area contributed by atoms with E-state index in [1.165, 1.54) is 6.08 Å². The van der Waals surface area contributed by atoms with E-state index in [4.69, 9.17) is 5.73 Å². The highest BCUT2D eigenvalue weighted by atomic mass is 16.3. The van der Waals surface area contributed by atoms with Gasteiger partial charge in [0.15, 0.2) is 0 Å². The minimum Gasteiger partial charge on any atom is -0.508 e. The summed E-state index contributed by atoms with van der Waals surface area (Å²) in [6, 6.07) is 3.43. The third kappa shape index (κ3) is 2.13. The van der Waals surface area contributed by atoms with Gasteiger partial charge in [-0.1, -0.05) is 6.07 Å². The van der Waals surface area contributed by atoms with E-state index in [2.05, 4.69) is 0 Å². The fourth-order valence-corrected chi connectivity index (χ4v) is 1.27. The molecular formula is C11H13NO2. The molecule has 0 spiro atoms. The molecule has 0 heterocycles. The minimum absolute atomic E-state index is 0.222. The lowest BCUT2D eigenvalue weighted by atomic mass is 10.0. The second-order valence-corrected chi connectivity index (χ2v) is 3.18. The highest BCUT2D eigenvalue weighted by molar-refractivity contribution is 5.90. The number of phenolic OH excluding ortho intramolecular Hbond substituents is 1. The molecule has 1 aromatic carbocycles. The molecule has 14 heavy (non-hydrogen) atoms. The maximum absolute atomic E-state index is 10.6. The third-order valence-electron chi connectivity index (χ3n) is 2.12. The molecule has 1 aromatic rings. The summed E-state index contributed by atoms with van der Waals surface area (Å²) >= 11 is 0. The highest BCUT2D eigenvalue weighted by Gasteiger charge is 2.03. The van der Waals surface area contributed by atoms with Crippen LogP contribution in [0.5, 0.6) is 5.75 Å². The molecule has 0 radical (unpaired) electrons. The molecule has 0 unspecified atom stereocenters. The van der Waals surface area contributed by atoms with E-state index < -0.39 is 5.91 Å². The monoisotopic (exact) mass is 191 g/mol. The largest absolute Gasteiger partial charge is 0.508 e. The summed E-state index contributed by atoms with van der Waals surface area (Å²) in [5, 5.41) is 9.44. The summed E-state index contributed by atoms with van der Waals surface area (Å²) < 4.78 is 0. The summed E-state index contributed by atoms with van der Waals surface area (Å²) in [4.78, 5) is 10.6. The van der Waals surface area contributed by atoms with Crippen LogP contribution in [0.25, 0.3) is 6.08 Å². The van der Waals surface area contributed by atoms with Gasteiger partial charge >= 0.3 is 0 Å². The van der Waals surface area contributed by atoms with Crippen molar-refractivity contribution in [3.63, 3.8) is 0 Å². The number of carbonyl (C=O) groups excluding carboxylic acids is 1. The number of aromatic hydroxyl groups is 1. The summed E-state index contributed by atoms with van der Waals surface area (Å²) in [7, 11) is 0. The van der Waals surface area contributed by atoms with E-state index >= 15 is 0 Å². The smallest absolute Gasteiger partial charge is 0.241 e. The second-order valence-electron chi connectivity index (χ2n) is 3.18. The van der Waals surface area contributed by atoms with Crippen LogP contribution in [0.15, 0.2) is 18.2 Å². The Balaban J connectivity index is 3.19. The van der Waals surface area contributed by atoms with Crippen molar-refractivity contribution < 1.29 is 9.90 Å². The molecule has 0 atom stereocenters. The molecule has 0 saturated carbocycles. The molecule has 3 N–H and O–H groups in total. The standard InChI is InChI=1S/C11H13NO2/c1-7-3-5-10(13)8(2)9(7)4-6-11(12)14/h3-6,13H,1-2H3,(H2,12,14)/b6-4-. The number of amides is 1. The molecular weight excluding hydrogens is 178 g/mol. The van der Waals surface area contributed by atoms with Gasteiger partial charge in [-0.25, -0.2) is 0 Å². The van der Waals surface area contributed by atoms with Crippen LogP contribution in [-0.4, -0.2) is 11.0 Å². The molecule has 1 rings (SSSR count). The SMILES string of the molecule is Cc1ccc(O)c(C)c1/C=C\C(N)=O. The Morgan fingerprint density at radius 3 is 2.64 bits per heavy atom. The first-order chi connectivity index (χ1) is 6.52. The number of hydrogen-bond acceptors (Lipinski definition) is 2. The number of nitrogens with two attached hydrogens (primary N) is 1. The van der Waals surface area contributed by atoms with Crippen molar-refractivity contribution in [3.05, 3.63) is 34.9 Å². The fourth-order valence-electron chi connectivity index (χ4n) is 1.27. The normalized spacial score (nSPS) is 10.7. The molecule has 0 bridgehead atoms. The fraction of sp³-hybridized carbons (Fsp3) is 0.182. The average molecular weight is 191 g/mol. The van der Waals surface area contributed by atoms with Gasteiger partial charge in [0, 0.05) is 6.08 Å². The van der Waals surface area contributed by atoms with E-state index in [-0.39, 0.29) is 5.75 Å². The number of rotatable bonds is 2. The summed E-state index contributed by atoms with van der Waals surface area (Å²) in [5.74, 6) is -0.271. The quantitative estimate of drug-likeness (QED) is 0.696. The van der Waals surface area contributed by atoms with E-state index in [1.54, 1.807) is 25.1 Å². The van der Waals surface area contributed by atoms with Crippen LogP contribution in [-0.2, 0) is 4.79 Å². The molecule has 3 nitrogen and oxygen atoms in total. The molecule has 0 saturated heterocycles. The number of primary amides is 1. The maximum atomic E-state index is 10.6. The van der Waals surface area contributed by atoms with Gasteiger partial charge in [0.25, 0.3) is 0 Å². The molecule has 1 amide bonds. The van der Waals surface area contributed by atoms with Crippen molar-refractivity contribution in [1.29, 1.82) is 0 Å². The Kier molecular flexibility index (Phi) is 2.92. The van der Waals surface area contributed by atoms with Crippen LogP contribution in [0.2, 0.25) is 0 Å². The topological polar surface area (TPSA) is 63.3 Å². The van der Waals surface area contributed by atoms with E-state index in [0.717, 1.165) is 16.7 Å². The lowest BCUT2D eigenvalue weighted by molar-refractivity contribution is -0.113. The number of aryl methyl sites for hydroxylation is 1. The molecule has 0 aliphatic carbocycles. The lowest BCUT2D eigenvalue weighted by Crippen LogP contribution is -2.05. The van der Waals surface area contributed by atoms with Crippen LogP contribution >= 0.6 is 0 Å². The number of carbonyl (C=O) groups is 1. The highest BCUT2D eigenvalue weighted by Crippen LogP contribution is 2.24. The van der Waals surface area contributed by atoms with Crippen molar-refractivity contribution in [2.24, 2.45) is 5.73 Å². The van der Waals surface area contributed by atoms with Crippen molar-refractivity contribution in [2.75, 3.05) is 0 Å². The van der Waals surface area contributed by atoms with E-state index in [0.29, 0.717) is 0 Å². The van der Waals surface area contributed by atoms with Crippen LogP contribution < -0.4 is 5.73 Å². The second kappa shape index (κ2) is 3.96. The third-order valence-corrected chi connectivity index (χ3v) is 2.12. The van der Waals surface area contributed by atoms with Crippen molar-refractivity contribution in [1.82, 2.24) is 0 Å². The predicted molar refractivity (Wildman–Crippen MR) is 55.8 cm³/mol. The zero-order valence-electron chi connectivity index (χ0n) is 8.24. The zero-order chi connectivity index (χ0) is 10.7. The minimum atomic E-state index is -0.493. The van der Waals surface area contributed by atoms with Crippen LogP contribution in [0.4, 0.5) is 0 Å². The first-order valence-corrected chi connectivity index (χ1v) is 4.29. The average Bonchev–Trinajstić information content (AvgIpc) is 2.11. The van der Waals surface area contributed by atoms with Crippen LogP contribution in [0.3, 0.4) is 0 Å². The number of hydrogen-bond donors (Lipinski definition) is 2. The van der Waals surface area contributed by atoms with Crippen molar-refractivity contribution >= 4 is 12.0 Å². The number of benzene rings is 1. The van der Waals surface area contributed by atoms with Gasteiger partial charge < -0.3 is 10.8 Å². The van der Waals surface area contributed by atoms with Gasteiger partial charge in [-0.15, -0.1) is 0 Å². The van der Waals surface area contributed by atoms with Gasteiger partial charge in [0.1, 0.15) is 5.75 Å². The van der Waals surface area contributed by atoms with Gasteiger partial charge in [0.2, 0.25) is 5.91 Å². The molecule has 0 aliphatic heterocycles. The molecule has 0 fully saturated rings. The summed E-state index contributed by atoms with van der Waals surface area (Å²) in [5.41, 5.74) is 7.58. The van der Waals surface area contributed by atoms with E-state index in [9.17, 15) is 9.90 Å². The molecule has 0 aliphatic rings. The molecule has 3 heteroatoms. The van der Waals surface area contributed by atoms with Gasteiger partial charge in [-0.3, -0.25) is 4.79 Å². The van der Waals surface area contributed by atoms with Crippen LogP contribution in [0, 0.1) is 13.8 Å². The summed E-state index contributed by atoms with van der Waals surface area (Å²) in [6.45, 7) is 3.70. The molecule has 0 aromatic heterocycles. The van der Waals surface area contributed by atoms with Crippen molar-refractivity contribution in [3.8, 4) is 5.75 Å². The Bertz CT molecular complexity index is 395. The lowest BCUT2D eigenvalue weighted by Gasteiger charge is -2.06. The number of phenols is 1. The zero-order valence-corrected chi connectivity index (χ0v) is 8.24. The van der Waals surface area contributed by atoms with Crippen molar-refractivity contribution in [2.45, 2.75) is 13.8 Å². The Hall–Kier alpha value is -1.77. The van der Waals surface area contributed by atoms with E-state index in [1.807, 2.05) is 6.92 Å². The first-order valence-electron chi connectivity index (χ1n) is 4.29. The van der Waals surface area contributed by atoms with Crippen LogP contribution in [0.1, 0.15) is 16.7 Å². The van der Waals surface area contributed by atoms with Gasteiger partial charge in [-0.05, 0) is 42.7 Å². The summed E-state index contributed by atoms with van der Waals surface area (Å²) in [6.07, 6.45) is 2.90. The Morgan fingerprint density at radius 2 is 2.07 bits per heavy atom.